The van der Waals surface area contributed by atoms with Crippen molar-refractivity contribution in [2.24, 2.45) is 5.92 Å². The largest absolute Gasteiger partial charge is 0.481 e. The minimum atomic E-state index is 0.640. The summed E-state index contributed by atoms with van der Waals surface area (Å²) in [5, 5.41) is 0. The standard InChI is InChI=1S/C13H21NO2/c1-10(2)6-5-9-16-12-8-7-11(3)13(14-12)15-4/h7-8,10H,5-6,9H2,1-4H3. The Hall–Kier alpha value is -1.25. The van der Waals surface area contributed by atoms with Gasteiger partial charge < -0.3 is 9.47 Å². The third-order valence-corrected chi connectivity index (χ3v) is 2.39. The molecule has 0 fully saturated rings. The smallest absolute Gasteiger partial charge is 0.219 e. The van der Waals surface area contributed by atoms with Crippen molar-refractivity contribution in [2.75, 3.05) is 13.7 Å². The van der Waals surface area contributed by atoms with Gasteiger partial charge in [-0.05, 0) is 31.7 Å². The molecule has 16 heavy (non-hydrogen) atoms. The maximum absolute atomic E-state index is 5.56. The molecule has 3 heteroatoms. The lowest BCUT2D eigenvalue weighted by Gasteiger charge is -2.09. The topological polar surface area (TPSA) is 31.4 Å². The molecule has 1 heterocycles. The number of hydrogen-bond donors (Lipinski definition) is 0. The zero-order chi connectivity index (χ0) is 12.0. The molecular weight excluding hydrogens is 202 g/mol. The summed E-state index contributed by atoms with van der Waals surface area (Å²) in [6.45, 7) is 7.12. The van der Waals surface area contributed by atoms with E-state index < -0.39 is 0 Å². The van der Waals surface area contributed by atoms with E-state index in [-0.39, 0.29) is 0 Å². The number of hydrogen-bond acceptors (Lipinski definition) is 3. The van der Waals surface area contributed by atoms with E-state index in [0.717, 1.165) is 24.5 Å². The average Bonchev–Trinajstić information content (AvgIpc) is 2.26. The normalized spacial score (nSPS) is 10.6. The summed E-state index contributed by atoms with van der Waals surface area (Å²) in [4.78, 5) is 4.26. The van der Waals surface area contributed by atoms with E-state index in [0.29, 0.717) is 11.8 Å². The Labute approximate surface area is 97.8 Å². The molecule has 90 valence electrons. The fourth-order valence-electron chi connectivity index (χ4n) is 1.45. The van der Waals surface area contributed by atoms with Crippen LogP contribution in [0, 0.1) is 12.8 Å². The van der Waals surface area contributed by atoms with Crippen molar-refractivity contribution in [3.05, 3.63) is 17.7 Å². The molecule has 0 bridgehead atoms. The second-order valence-electron chi connectivity index (χ2n) is 4.36. The number of aromatic nitrogens is 1. The van der Waals surface area contributed by atoms with E-state index in [1.807, 2.05) is 19.1 Å². The lowest BCUT2D eigenvalue weighted by Crippen LogP contribution is -2.02. The highest BCUT2D eigenvalue weighted by Gasteiger charge is 2.03. The van der Waals surface area contributed by atoms with Gasteiger partial charge in [-0.15, -0.1) is 0 Å². The molecule has 0 atom stereocenters. The number of ether oxygens (including phenoxy) is 2. The van der Waals surface area contributed by atoms with Gasteiger partial charge in [0.25, 0.3) is 0 Å². The summed E-state index contributed by atoms with van der Waals surface area (Å²) in [7, 11) is 1.62. The first-order valence-electron chi connectivity index (χ1n) is 5.78. The number of pyridine rings is 1. The molecule has 0 saturated heterocycles. The van der Waals surface area contributed by atoms with Crippen LogP contribution in [0.3, 0.4) is 0 Å². The Bertz CT molecular complexity index is 324. The molecule has 0 aliphatic rings. The van der Waals surface area contributed by atoms with Crippen LogP contribution in [0.15, 0.2) is 12.1 Å². The van der Waals surface area contributed by atoms with Gasteiger partial charge in [0.1, 0.15) is 0 Å². The molecule has 3 nitrogen and oxygen atoms in total. The van der Waals surface area contributed by atoms with E-state index in [4.69, 9.17) is 9.47 Å². The van der Waals surface area contributed by atoms with Gasteiger partial charge >= 0.3 is 0 Å². The number of nitrogens with zero attached hydrogens (tertiary/aromatic N) is 1. The van der Waals surface area contributed by atoms with Gasteiger partial charge in [0.05, 0.1) is 13.7 Å². The number of rotatable bonds is 6. The van der Waals surface area contributed by atoms with Gasteiger partial charge in [-0.2, -0.15) is 4.98 Å². The van der Waals surface area contributed by atoms with Crippen molar-refractivity contribution in [3.63, 3.8) is 0 Å². The highest BCUT2D eigenvalue weighted by molar-refractivity contribution is 5.29. The van der Waals surface area contributed by atoms with Crippen LogP contribution in [0.5, 0.6) is 11.8 Å². The predicted molar refractivity (Wildman–Crippen MR) is 65.1 cm³/mol. The fourth-order valence-corrected chi connectivity index (χ4v) is 1.45. The number of methoxy groups -OCH3 is 1. The maximum Gasteiger partial charge on any atom is 0.219 e. The van der Waals surface area contributed by atoms with Crippen LogP contribution in [-0.4, -0.2) is 18.7 Å². The van der Waals surface area contributed by atoms with Gasteiger partial charge in [-0.3, -0.25) is 0 Å². The second kappa shape index (κ2) is 6.36. The molecule has 0 amide bonds. The van der Waals surface area contributed by atoms with Crippen LogP contribution < -0.4 is 9.47 Å². The van der Waals surface area contributed by atoms with Gasteiger partial charge in [-0.25, -0.2) is 0 Å². The van der Waals surface area contributed by atoms with Crippen molar-refractivity contribution in [2.45, 2.75) is 33.6 Å². The number of aryl methyl sites for hydroxylation is 1. The summed E-state index contributed by atoms with van der Waals surface area (Å²) in [6.07, 6.45) is 2.25. The third-order valence-electron chi connectivity index (χ3n) is 2.39. The quantitative estimate of drug-likeness (QED) is 0.694. The molecule has 0 aromatic carbocycles. The van der Waals surface area contributed by atoms with E-state index in [1.165, 1.54) is 6.42 Å². The minimum absolute atomic E-state index is 0.640. The maximum atomic E-state index is 5.56. The lowest BCUT2D eigenvalue weighted by atomic mass is 10.1. The van der Waals surface area contributed by atoms with E-state index in [9.17, 15) is 0 Å². The van der Waals surface area contributed by atoms with Crippen LogP contribution in [-0.2, 0) is 0 Å². The minimum Gasteiger partial charge on any atom is -0.481 e. The zero-order valence-electron chi connectivity index (χ0n) is 10.6. The van der Waals surface area contributed by atoms with Crippen LogP contribution in [0.2, 0.25) is 0 Å². The van der Waals surface area contributed by atoms with Crippen molar-refractivity contribution in [3.8, 4) is 11.8 Å². The Morgan fingerprint density at radius 2 is 2.06 bits per heavy atom. The molecule has 0 N–H and O–H groups in total. The Kier molecular flexibility index (Phi) is 5.09. The van der Waals surface area contributed by atoms with Gasteiger partial charge in [-0.1, -0.05) is 13.8 Å². The highest BCUT2D eigenvalue weighted by atomic mass is 16.5. The summed E-state index contributed by atoms with van der Waals surface area (Å²) >= 11 is 0. The van der Waals surface area contributed by atoms with Gasteiger partial charge in [0, 0.05) is 11.6 Å². The second-order valence-corrected chi connectivity index (χ2v) is 4.36. The zero-order valence-corrected chi connectivity index (χ0v) is 10.6. The van der Waals surface area contributed by atoms with Crippen LogP contribution in [0.4, 0.5) is 0 Å². The molecule has 0 unspecified atom stereocenters. The molecule has 0 spiro atoms. The monoisotopic (exact) mass is 223 g/mol. The molecule has 0 aliphatic heterocycles. The Balaban J connectivity index is 2.42. The summed E-state index contributed by atoms with van der Waals surface area (Å²) in [6, 6.07) is 3.84. The highest BCUT2D eigenvalue weighted by Crippen LogP contribution is 2.18. The van der Waals surface area contributed by atoms with Crippen molar-refractivity contribution < 1.29 is 9.47 Å². The van der Waals surface area contributed by atoms with E-state index in [1.54, 1.807) is 7.11 Å². The van der Waals surface area contributed by atoms with Crippen molar-refractivity contribution >= 4 is 0 Å². The lowest BCUT2D eigenvalue weighted by molar-refractivity contribution is 0.281. The summed E-state index contributed by atoms with van der Waals surface area (Å²) in [5.74, 6) is 2.01. The fraction of sp³-hybridized carbons (Fsp3) is 0.615. The van der Waals surface area contributed by atoms with Gasteiger partial charge in [0.2, 0.25) is 11.8 Å². The Morgan fingerprint density at radius 1 is 1.31 bits per heavy atom. The van der Waals surface area contributed by atoms with Crippen LogP contribution in [0.25, 0.3) is 0 Å². The molecule has 1 rings (SSSR count). The molecule has 0 saturated carbocycles. The van der Waals surface area contributed by atoms with E-state index in [2.05, 4.69) is 18.8 Å². The Morgan fingerprint density at radius 3 is 2.69 bits per heavy atom. The van der Waals surface area contributed by atoms with Gasteiger partial charge in [0.15, 0.2) is 0 Å². The molecule has 1 aromatic heterocycles. The first kappa shape index (κ1) is 12.8. The molecular formula is C13H21NO2. The molecule has 1 aromatic rings. The van der Waals surface area contributed by atoms with Crippen LogP contribution in [0.1, 0.15) is 32.3 Å². The van der Waals surface area contributed by atoms with Crippen molar-refractivity contribution in [1.82, 2.24) is 4.98 Å². The summed E-state index contributed by atoms with van der Waals surface area (Å²) in [5.41, 5.74) is 1.03. The predicted octanol–water partition coefficient (Wildman–Crippen LogP) is 3.21. The summed E-state index contributed by atoms with van der Waals surface area (Å²) < 4.78 is 10.7. The third kappa shape index (κ3) is 4.09. The SMILES string of the molecule is COc1nc(OCCCC(C)C)ccc1C. The van der Waals surface area contributed by atoms with Crippen molar-refractivity contribution in [1.29, 1.82) is 0 Å². The van der Waals surface area contributed by atoms with E-state index >= 15 is 0 Å². The molecule has 0 radical (unpaired) electrons. The first-order chi connectivity index (χ1) is 7.63. The first-order valence-corrected chi connectivity index (χ1v) is 5.78. The average molecular weight is 223 g/mol. The molecule has 0 aliphatic carbocycles. The van der Waals surface area contributed by atoms with Crippen LogP contribution >= 0.6 is 0 Å².